The summed E-state index contributed by atoms with van der Waals surface area (Å²) in [4.78, 5) is 39.4. The average molecular weight is 511 g/mol. The van der Waals surface area contributed by atoms with Gasteiger partial charge in [-0.2, -0.15) is 0 Å². The van der Waals surface area contributed by atoms with E-state index in [1.54, 1.807) is 20.8 Å². The van der Waals surface area contributed by atoms with Gasteiger partial charge in [-0.15, -0.1) is 11.6 Å². The predicted octanol–water partition coefficient (Wildman–Crippen LogP) is 5.30. The van der Waals surface area contributed by atoms with Crippen LogP contribution < -0.4 is 0 Å². The van der Waals surface area contributed by atoms with Gasteiger partial charge in [0, 0.05) is 17.4 Å². The zero-order valence-electron chi connectivity index (χ0n) is 22.1. The molecule has 0 aromatic heterocycles. The number of halogens is 1. The maximum atomic E-state index is 14.0. The molecule has 6 nitrogen and oxygen atoms in total. The maximum Gasteiger partial charge on any atom is 0.320 e. The third kappa shape index (κ3) is 4.82. The second kappa shape index (κ2) is 10.5. The minimum Gasteiger partial charge on any atom is -0.427 e. The molecule has 0 amide bonds. The first-order valence-corrected chi connectivity index (χ1v) is 13.6. The zero-order valence-corrected chi connectivity index (χ0v) is 22.9. The van der Waals surface area contributed by atoms with Crippen molar-refractivity contribution < 1.29 is 29.0 Å². The van der Waals surface area contributed by atoms with E-state index in [9.17, 15) is 19.5 Å². The standard InChI is InChI=1S/C28H43ClO6/c1-17(2)21-11-19-13-27(15-31,22-12-23(29)18(3)20(22)9-7-8-10-30)28(21,14-19)25(33)35-16-34-24(32)26(4,5)6/h11,15,17-20,22-23,30H,7-10,12-14,16H2,1-6H3. The Morgan fingerprint density at radius 2 is 1.91 bits per heavy atom. The quantitative estimate of drug-likeness (QED) is 0.107. The molecule has 7 atom stereocenters. The summed E-state index contributed by atoms with van der Waals surface area (Å²) in [7, 11) is 0. The molecule has 0 heterocycles. The first-order chi connectivity index (χ1) is 16.4. The lowest BCUT2D eigenvalue weighted by Crippen LogP contribution is -2.53. The third-order valence-corrected chi connectivity index (χ3v) is 9.47. The second-order valence-corrected chi connectivity index (χ2v) is 12.9. The van der Waals surface area contributed by atoms with Crippen LogP contribution in [0.5, 0.6) is 0 Å². The Labute approximate surface area is 215 Å². The van der Waals surface area contributed by atoms with E-state index in [1.165, 1.54) is 0 Å². The summed E-state index contributed by atoms with van der Waals surface area (Å²) in [6.45, 7) is 11.2. The molecule has 3 aliphatic rings. The maximum absolute atomic E-state index is 14.0. The smallest absolute Gasteiger partial charge is 0.320 e. The molecule has 0 radical (unpaired) electrons. The number of aldehydes is 1. The molecule has 3 aliphatic carbocycles. The van der Waals surface area contributed by atoms with E-state index in [1.807, 2.05) is 0 Å². The summed E-state index contributed by atoms with van der Waals surface area (Å²) in [5, 5.41) is 9.25. The topological polar surface area (TPSA) is 89.9 Å². The second-order valence-electron chi connectivity index (χ2n) is 12.3. The van der Waals surface area contributed by atoms with Crippen molar-refractivity contribution in [1.29, 1.82) is 0 Å². The molecule has 1 N–H and O–H groups in total. The number of allylic oxidation sites excluding steroid dienone is 1. The van der Waals surface area contributed by atoms with Crippen LogP contribution in [-0.4, -0.2) is 42.1 Å². The molecule has 7 unspecified atom stereocenters. The normalized spacial score (nSPS) is 36.4. The lowest BCUT2D eigenvalue weighted by molar-refractivity contribution is -0.184. The van der Waals surface area contributed by atoms with Crippen molar-refractivity contribution in [3.8, 4) is 0 Å². The van der Waals surface area contributed by atoms with Crippen molar-refractivity contribution in [3.05, 3.63) is 11.6 Å². The molecule has 198 valence electrons. The number of hydrogen-bond acceptors (Lipinski definition) is 6. The number of aliphatic hydroxyl groups is 1. The van der Waals surface area contributed by atoms with Gasteiger partial charge < -0.3 is 19.4 Å². The summed E-state index contributed by atoms with van der Waals surface area (Å²) >= 11 is 6.80. The van der Waals surface area contributed by atoms with Gasteiger partial charge in [-0.05, 0) is 82.5 Å². The number of unbranched alkanes of at least 4 members (excludes halogenated alkanes) is 1. The van der Waals surface area contributed by atoms with Crippen LogP contribution in [0.3, 0.4) is 0 Å². The van der Waals surface area contributed by atoms with Crippen LogP contribution in [0, 0.1) is 45.8 Å². The number of carbonyl (C=O) groups is 3. The van der Waals surface area contributed by atoms with Crippen LogP contribution in [0.1, 0.15) is 80.1 Å². The first-order valence-electron chi connectivity index (χ1n) is 13.1. The number of ether oxygens (including phenoxy) is 2. The van der Waals surface area contributed by atoms with Gasteiger partial charge in [0.05, 0.1) is 5.41 Å². The fraction of sp³-hybridized carbons (Fsp3) is 0.821. The Kier molecular flexibility index (Phi) is 8.48. The van der Waals surface area contributed by atoms with Crippen molar-refractivity contribution in [2.45, 2.75) is 85.4 Å². The highest BCUT2D eigenvalue weighted by atomic mass is 35.5. The molecule has 35 heavy (non-hydrogen) atoms. The van der Waals surface area contributed by atoms with Crippen molar-refractivity contribution in [3.63, 3.8) is 0 Å². The van der Waals surface area contributed by atoms with Crippen molar-refractivity contribution >= 4 is 29.8 Å². The number of esters is 2. The van der Waals surface area contributed by atoms with Gasteiger partial charge in [0.15, 0.2) is 0 Å². The lowest BCUT2D eigenvalue weighted by Gasteiger charge is -2.49. The number of alkyl halides is 1. The number of carbonyl (C=O) groups excluding carboxylic acids is 3. The number of aliphatic hydroxyl groups excluding tert-OH is 1. The minimum absolute atomic E-state index is 0.0479. The molecule has 0 aromatic rings. The van der Waals surface area contributed by atoms with E-state index in [2.05, 4.69) is 26.8 Å². The van der Waals surface area contributed by atoms with Gasteiger partial charge in [0.1, 0.15) is 11.7 Å². The van der Waals surface area contributed by atoms with Crippen LogP contribution in [0.25, 0.3) is 0 Å². The fourth-order valence-electron chi connectivity index (χ4n) is 7.24. The molecule has 0 aromatic carbocycles. The first kappa shape index (κ1) is 28.2. The van der Waals surface area contributed by atoms with E-state index in [4.69, 9.17) is 21.1 Å². The summed E-state index contributed by atoms with van der Waals surface area (Å²) in [6, 6.07) is 0. The van der Waals surface area contributed by atoms with E-state index in [-0.39, 0.29) is 41.6 Å². The third-order valence-electron chi connectivity index (χ3n) is 8.89. The number of rotatable bonds is 10. The monoisotopic (exact) mass is 510 g/mol. The van der Waals surface area contributed by atoms with Gasteiger partial charge in [-0.1, -0.05) is 38.8 Å². The molecule has 0 saturated heterocycles. The largest absolute Gasteiger partial charge is 0.427 e. The molecular weight excluding hydrogens is 468 g/mol. The summed E-state index contributed by atoms with van der Waals surface area (Å²) in [5.41, 5.74) is -1.71. The molecule has 0 aliphatic heterocycles. The molecular formula is C28H43ClO6. The summed E-state index contributed by atoms with van der Waals surface area (Å²) in [5.74, 6) is -0.362. The molecule has 2 saturated carbocycles. The average Bonchev–Trinajstić information content (AvgIpc) is 3.43. The highest BCUT2D eigenvalue weighted by molar-refractivity contribution is 6.21. The van der Waals surface area contributed by atoms with E-state index >= 15 is 0 Å². The van der Waals surface area contributed by atoms with Gasteiger partial charge in [-0.25, -0.2) is 0 Å². The SMILES string of the molecule is CC(C)C1=CC2CC1(C(=O)OCOC(=O)C(C)(C)C)C(C=O)(C1CC(Cl)C(C)C1CCCCO)C2. The van der Waals surface area contributed by atoms with Crippen LogP contribution in [0.2, 0.25) is 0 Å². The molecule has 3 rings (SSSR count). The van der Waals surface area contributed by atoms with Crippen molar-refractivity contribution in [2.75, 3.05) is 13.4 Å². The summed E-state index contributed by atoms with van der Waals surface area (Å²) < 4.78 is 10.9. The Hall–Kier alpha value is -1.40. The van der Waals surface area contributed by atoms with Gasteiger partial charge in [-0.3, -0.25) is 9.59 Å². The van der Waals surface area contributed by atoms with E-state index in [0.29, 0.717) is 25.7 Å². The predicted molar refractivity (Wildman–Crippen MR) is 134 cm³/mol. The van der Waals surface area contributed by atoms with Crippen LogP contribution in [0.4, 0.5) is 0 Å². The number of fused-ring (bicyclic) bond motifs is 2. The van der Waals surface area contributed by atoms with Crippen molar-refractivity contribution in [2.24, 2.45) is 45.8 Å². The van der Waals surface area contributed by atoms with Crippen LogP contribution >= 0.6 is 11.6 Å². The highest BCUT2D eigenvalue weighted by Gasteiger charge is 2.72. The molecule has 0 spiro atoms. The minimum atomic E-state index is -1.07. The molecule has 2 bridgehead atoms. The van der Waals surface area contributed by atoms with Gasteiger partial charge in [0.25, 0.3) is 0 Å². The Morgan fingerprint density at radius 1 is 1.23 bits per heavy atom. The molecule has 7 heteroatoms. The van der Waals surface area contributed by atoms with E-state index < -0.39 is 35.0 Å². The Bertz CT molecular complexity index is 845. The lowest BCUT2D eigenvalue weighted by atomic mass is 9.52. The van der Waals surface area contributed by atoms with Gasteiger partial charge in [0.2, 0.25) is 6.79 Å². The Balaban J connectivity index is 1.97. The van der Waals surface area contributed by atoms with Gasteiger partial charge >= 0.3 is 11.9 Å². The Morgan fingerprint density at radius 3 is 2.49 bits per heavy atom. The highest BCUT2D eigenvalue weighted by Crippen LogP contribution is 2.71. The van der Waals surface area contributed by atoms with Crippen LogP contribution in [-0.2, 0) is 23.9 Å². The van der Waals surface area contributed by atoms with E-state index in [0.717, 1.165) is 24.7 Å². The number of hydrogen-bond donors (Lipinski definition) is 1. The van der Waals surface area contributed by atoms with Crippen molar-refractivity contribution in [1.82, 2.24) is 0 Å². The fourth-order valence-corrected chi connectivity index (χ4v) is 7.61. The summed E-state index contributed by atoms with van der Waals surface area (Å²) in [6.07, 6.45) is 7.48. The molecule has 2 fully saturated rings. The zero-order chi connectivity index (χ0) is 26.2. The van der Waals surface area contributed by atoms with Crippen LogP contribution in [0.15, 0.2) is 11.6 Å².